The van der Waals surface area contributed by atoms with Crippen LogP contribution in [0.4, 0.5) is 10.6 Å². The van der Waals surface area contributed by atoms with Crippen LogP contribution in [0, 0.1) is 0 Å². The van der Waals surface area contributed by atoms with Gasteiger partial charge < -0.3 is 24.6 Å². The molecular weight excluding hydrogens is 428 g/mol. The van der Waals surface area contributed by atoms with Gasteiger partial charge in [-0.05, 0) is 18.6 Å². The first-order valence-electron chi connectivity index (χ1n) is 10.7. The fraction of sp³-hybridized carbons (Fsp3) is 0.364. The Hall–Kier alpha value is -3.38. The first kappa shape index (κ1) is 21.5. The van der Waals surface area contributed by atoms with Gasteiger partial charge in [-0.15, -0.1) is 0 Å². The standard InChI is InChI=1S/C22H24N6O5/c1-2-23-22(30)27-19-16-20(25-11-24-19)28(12-26-16)21-18-17(14(10-29)31-21)32-15(33-18)9-8-13-6-4-3-5-7-13/h3-9,11-12,14-15,17-18,21,29H,2,10H2,1H3,(H2,23,24,25,27,30)/b9-8+/t14-,15?,17?,18?,21-/m1/s1. The molecule has 5 atom stereocenters. The van der Waals surface area contributed by atoms with E-state index in [1.807, 2.05) is 49.4 Å². The molecule has 11 heteroatoms. The summed E-state index contributed by atoms with van der Waals surface area (Å²) in [6.45, 7) is 2.08. The second kappa shape index (κ2) is 9.24. The molecule has 3 N–H and O–H groups in total. The van der Waals surface area contributed by atoms with E-state index in [9.17, 15) is 9.90 Å². The second-order valence-electron chi connectivity index (χ2n) is 7.62. The van der Waals surface area contributed by atoms with Gasteiger partial charge in [0.25, 0.3) is 0 Å². The molecule has 0 saturated carbocycles. The predicted octanol–water partition coefficient (Wildman–Crippen LogP) is 1.68. The summed E-state index contributed by atoms with van der Waals surface area (Å²) in [5.41, 5.74) is 1.90. The van der Waals surface area contributed by atoms with Crippen LogP contribution in [0.15, 0.2) is 49.1 Å². The number of carbonyl (C=O) groups is 1. The molecule has 0 bridgehead atoms. The fourth-order valence-electron chi connectivity index (χ4n) is 4.02. The van der Waals surface area contributed by atoms with Crippen LogP contribution in [0.2, 0.25) is 0 Å². The summed E-state index contributed by atoms with van der Waals surface area (Å²) in [5.74, 6) is 0.283. The number of fused-ring (bicyclic) bond motifs is 2. The molecule has 11 nitrogen and oxygen atoms in total. The highest BCUT2D eigenvalue weighted by molar-refractivity contribution is 5.95. The van der Waals surface area contributed by atoms with Crippen LogP contribution < -0.4 is 10.6 Å². The van der Waals surface area contributed by atoms with Gasteiger partial charge in [0.1, 0.15) is 24.6 Å². The smallest absolute Gasteiger partial charge is 0.320 e. The minimum absolute atomic E-state index is 0.220. The Morgan fingerprint density at radius 3 is 2.76 bits per heavy atom. The molecular formula is C22H24N6O5. The highest BCUT2D eigenvalue weighted by Gasteiger charge is 2.53. The van der Waals surface area contributed by atoms with E-state index in [2.05, 4.69) is 25.6 Å². The van der Waals surface area contributed by atoms with Crippen LogP contribution in [-0.4, -0.2) is 68.4 Å². The number of aliphatic hydroxyl groups excluding tert-OH is 1. The Morgan fingerprint density at radius 1 is 1.15 bits per heavy atom. The molecule has 2 fully saturated rings. The third-order valence-corrected chi connectivity index (χ3v) is 5.50. The van der Waals surface area contributed by atoms with Crippen molar-refractivity contribution < 1.29 is 24.1 Å². The van der Waals surface area contributed by atoms with Crippen molar-refractivity contribution in [1.82, 2.24) is 24.8 Å². The van der Waals surface area contributed by atoms with Gasteiger partial charge >= 0.3 is 6.03 Å². The third kappa shape index (κ3) is 4.18. The van der Waals surface area contributed by atoms with E-state index in [-0.39, 0.29) is 18.5 Å². The van der Waals surface area contributed by atoms with Crippen molar-refractivity contribution in [3.05, 3.63) is 54.6 Å². The molecule has 33 heavy (non-hydrogen) atoms. The Morgan fingerprint density at radius 2 is 1.97 bits per heavy atom. The monoisotopic (exact) mass is 452 g/mol. The zero-order valence-corrected chi connectivity index (χ0v) is 17.9. The number of nitrogens with one attached hydrogen (secondary N) is 2. The number of aromatic nitrogens is 4. The average molecular weight is 452 g/mol. The number of benzene rings is 1. The maximum atomic E-state index is 11.9. The molecule has 2 aliphatic rings. The quantitative estimate of drug-likeness (QED) is 0.515. The van der Waals surface area contributed by atoms with E-state index in [1.54, 1.807) is 10.9 Å². The van der Waals surface area contributed by atoms with Crippen LogP contribution in [0.3, 0.4) is 0 Å². The number of hydrogen-bond acceptors (Lipinski definition) is 8. The molecule has 2 aromatic heterocycles. The van der Waals surface area contributed by atoms with Crippen molar-refractivity contribution in [1.29, 1.82) is 0 Å². The summed E-state index contributed by atoms with van der Waals surface area (Å²) in [7, 11) is 0. The number of aliphatic hydroxyl groups is 1. The second-order valence-corrected chi connectivity index (χ2v) is 7.62. The van der Waals surface area contributed by atoms with Crippen LogP contribution in [0.5, 0.6) is 0 Å². The topological polar surface area (TPSA) is 133 Å². The maximum absolute atomic E-state index is 11.9. The average Bonchev–Trinajstić information content (AvgIpc) is 3.52. The molecule has 2 saturated heterocycles. The zero-order valence-electron chi connectivity index (χ0n) is 17.9. The van der Waals surface area contributed by atoms with E-state index in [0.717, 1.165) is 5.56 Å². The van der Waals surface area contributed by atoms with Crippen molar-refractivity contribution >= 4 is 29.1 Å². The number of rotatable bonds is 6. The molecule has 0 spiro atoms. The normalized spacial score (nSPS) is 26.7. The van der Waals surface area contributed by atoms with E-state index in [0.29, 0.717) is 17.7 Å². The van der Waals surface area contributed by atoms with Crippen LogP contribution in [-0.2, 0) is 14.2 Å². The Kier molecular flexibility index (Phi) is 6.01. The largest absolute Gasteiger partial charge is 0.394 e. The maximum Gasteiger partial charge on any atom is 0.320 e. The van der Waals surface area contributed by atoms with Gasteiger partial charge in [0.05, 0.1) is 12.9 Å². The van der Waals surface area contributed by atoms with E-state index in [1.165, 1.54) is 6.33 Å². The third-order valence-electron chi connectivity index (χ3n) is 5.50. The van der Waals surface area contributed by atoms with Crippen molar-refractivity contribution in [2.24, 2.45) is 0 Å². The SMILES string of the molecule is CCNC(=O)Nc1ncnc2c1ncn2[C@@H]1O[C@H](CO)C2OC(/C=C/c3ccccc3)OC21. The van der Waals surface area contributed by atoms with Crippen LogP contribution in [0.25, 0.3) is 17.2 Å². The number of nitrogens with zero attached hydrogens (tertiary/aromatic N) is 4. The number of hydrogen-bond donors (Lipinski definition) is 3. The minimum atomic E-state index is -0.625. The number of amides is 2. The van der Waals surface area contributed by atoms with E-state index >= 15 is 0 Å². The number of imidazole rings is 1. The molecule has 0 aliphatic carbocycles. The number of ether oxygens (including phenoxy) is 3. The molecule has 2 amide bonds. The summed E-state index contributed by atoms with van der Waals surface area (Å²) in [5, 5.41) is 15.2. The first-order valence-corrected chi connectivity index (χ1v) is 10.7. The highest BCUT2D eigenvalue weighted by Crippen LogP contribution is 2.40. The lowest BCUT2D eigenvalue weighted by molar-refractivity contribution is -0.133. The Bertz CT molecular complexity index is 1150. The first-order chi connectivity index (χ1) is 16.2. The fourth-order valence-corrected chi connectivity index (χ4v) is 4.02. The molecule has 3 aromatic rings. The van der Waals surface area contributed by atoms with Crippen molar-refractivity contribution in [2.45, 2.75) is 37.8 Å². The lowest BCUT2D eigenvalue weighted by atomic mass is 10.1. The molecule has 2 aliphatic heterocycles. The molecule has 172 valence electrons. The minimum Gasteiger partial charge on any atom is -0.394 e. The summed E-state index contributed by atoms with van der Waals surface area (Å²) < 4.78 is 19.9. The summed E-state index contributed by atoms with van der Waals surface area (Å²) in [4.78, 5) is 24.8. The summed E-state index contributed by atoms with van der Waals surface area (Å²) in [6.07, 6.45) is 3.94. The number of urea groups is 1. The lowest BCUT2D eigenvalue weighted by Crippen LogP contribution is -2.30. The zero-order chi connectivity index (χ0) is 22.8. The Labute approximate surface area is 189 Å². The molecule has 0 radical (unpaired) electrons. The van der Waals surface area contributed by atoms with Crippen molar-refractivity contribution in [2.75, 3.05) is 18.5 Å². The van der Waals surface area contributed by atoms with Crippen molar-refractivity contribution in [3.8, 4) is 0 Å². The van der Waals surface area contributed by atoms with Gasteiger partial charge in [0.2, 0.25) is 0 Å². The van der Waals surface area contributed by atoms with Crippen LogP contribution in [0.1, 0.15) is 18.7 Å². The lowest BCUT2D eigenvalue weighted by Gasteiger charge is -2.19. The molecule has 3 unspecified atom stereocenters. The highest BCUT2D eigenvalue weighted by atomic mass is 16.8. The van der Waals surface area contributed by atoms with Gasteiger partial charge in [-0.3, -0.25) is 9.88 Å². The van der Waals surface area contributed by atoms with E-state index < -0.39 is 30.8 Å². The van der Waals surface area contributed by atoms with Crippen molar-refractivity contribution in [3.63, 3.8) is 0 Å². The summed E-state index contributed by atoms with van der Waals surface area (Å²) >= 11 is 0. The number of anilines is 1. The summed E-state index contributed by atoms with van der Waals surface area (Å²) in [6, 6.07) is 9.45. The van der Waals surface area contributed by atoms with Gasteiger partial charge in [0, 0.05) is 6.54 Å². The Balaban J connectivity index is 1.39. The number of carbonyl (C=O) groups excluding carboxylic acids is 1. The van der Waals surface area contributed by atoms with Gasteiger partial charge in [0.15, 0.2) is 29.5 Å². The molecule has 4 heterocycles. The van der Waals surface area contributed by atoms with Crippen LogP contribution >= 0.6 is 0 Å². The van der Waals surface area contributed by atoms with Gasteiger partial charge in [-0.2, -0.15) is 0 Å². The molecule has 1 aromatic carbocycles. The van der Waals surface area contributed by atoms with E-state index in [4.69, 9.17) is 14.2 Å². The molecule has 5 rings (SSSR count). The van der Waals surface area contributed by atoms with Gasteiger partial charge in [-0.1, -0.05) is 36.4 Å². The predicted molar refractivity (Wildman–Crippen MR) is 118 cm³/mol. The van der Waals surface area contributed by atoms with Gasteiger partial charge in [-0.25, -0.2) is 19.7 Å².